The van der Waals surface area contributed by atoms with Crippen LogP contribution in [-0.2, 0) is 14.9 Å². The molecule has 0 bridgehead atoms. The zero-order chi connectivity index (χ0) is 14.2. The number of amides is 1. The molecule has 1 heterocycles. The summed E-state index contributed by atoms with van der Waals surface area (Å²) in [5, 5.41) is 3.44. The van der Waals surface area contributed by atoms with Gasteiger partial charge < -0.3 is 10.1 Å². The molecule has 2 aliphatic rings. The molecule has 3 nitrogen and oxygen atoms in total. The quantitative estimate of drug-likeness (QED) is 0.928. The van der Waals surface area contributed by atoms with Crippen LogP contribution < -0.4 is 5.32 Å². The third-order valence-electron chi connectivity index (χ3n) is 4.26. The van der Waals surface area contributed by atoms with E-state index >= 15 is 0 Å². The maximum Gasteiger partial charge on any atom is 0.225 e. The van der Waals surface area contributed by atoms with E-state index in [9.17, 15) is 9.18 Å². The fourth-order valence-corrected chi connectivity index (χ4v) is 3.12. The first-order valence-corrected chi connectivity index (χ1v) is 7.29. The fraction of sp³-hybridized carbons (Fsp3) is 0.533. The number of carbonyl (C=O) groups excluding carboxylic acids is 1. The first kappa shape index (κ1) is 13.8. The van der Waals surface area contributed by atoms with Gasteiger partial charge >= 0.3 is 0 Å². The number of carbonyl (C=O) groups is 1. The largest absolute Gasteiger partial charge is 0.381 e. The van der Waals surface area contributed by atoms with Crippen LogP contribution in [0.1, 0.15) is 24.8 Å². The molecule has 1 N–H and O–H groups in total. The van der Waals surface area contributed by atoms with Gasteiger partial charge in [0.05, 0.1) is 12.5 Å². The Morgan fingerprint density at radius 2 is 2.30 bits per heavy atom. The van der Waals surface area contributed by atoms with E-state index < -0.39 is 0 Å². The molecule has 0 unspecified atom stereocenters. The van der Waals surface area contributed by atoms with Crippen molar-refractivity contribution in [2.75, 3.05) is 19.8 Å². The van der Waals surface area contributed by atoms with Crippen molar-refractivity contribution < 1.29 is 13.9 Å². The molecule has 1 aliphatic carbocycles. The molecule has 1 saturated heterocycles. The molecule has 20 heavy (non-hydrogen) atoms. The average Bonchev–Trinajstić information content (AvgIpc) is 2.99. The van der Waals surface area contributed by atoms with Gasteiger partial charge in [-0.2, -0.15) is 0 Å². The van der Waals surface area contributed by atoms with Crippen LogP contribution >= 0.6 is 11.6 Å². The number of nitrogens with one attached hydrogen (secondary N) is 1. The molecular formula is C15H17ClFNO2. The lowest BCUT2D eigenvalue weighted by molar-refractivity contribution is -0.125. The molecule has 3 rings (SSSR count). The monoisotopic (exact) mass is 297 g/mol. The molecule has 1 atom stereocenters. The summed E-state index contributed by atoms with van der Waals surface area (Å²) < 4.78 is 18.3. The minimum absolute atomic E-state index is 0.0329. The Labute approximate surface area is 122 Å². The summed E-state index contributed by atoms with van der Waals surface area (Å²) in [5.41, 5.74) is 0.823. The Morgan fingerprint density at radius 1 is 1.50 bits per heavy atom. The second-order valence-electron chi connectivity index (χ2n) is 5.68. The molecule has 2 fully saturated rings. The van der Waals surface area contributed by atoms with Crippen LogP contribution in [0.25, 0.3) is 0 Å². The van der Waals surface area contributed by atoms with Gasteiger partial charge in [0.25, 0.3) is 0 Å². The maximum absolute atomic E-state index is 13.1. The van der Waals surface area contributed by atoms with E-state index in [4.69, 9.17) is 16.3 Å². The highest BCUT2D eigenvalue weighted by molar-refractivity contribution is 6.31. The van der Waals surface area contributed by atoms with E-state index in [1.165, 1.54) is 12.1 Å². The van der Waals surface area contributed by atoms with E-state index in [0.29, 0.717) is 24.8 Å². The van der Waals surface area contributed by atoms with Crippen LogP contribution in [0.3, 0.4) is 0 Å². The van der Waals surface area contributed by atoms with Crippen molar-refractivity contribution in [2.24, 2.45) is 5.92 Å². The second-order valence-corrected chi connectivity index (χ2v) is 6.09. The predicted octanol–water partition coefficient (Wildman–Crippen LogP) is 2.66. The van der Waals surface area contributed by atoms with Crippen LogP contribution in [0.5, 0.6) is 0 Å². The highest BCUT2D eigenvalue weighted by Gasteiger charge is 2.46. The van der Waals surface area contributed by atoms with E-state index in [-0.39, 0.29) is 23.1 Å². The van der Waals surface area contributed by atoms with Gasteiger partial charge in [0.1, 0.15) is 5.82 Å². The van der Waals surface area contributed by atoms with Crippen molar-refractivity contribution >= 4 is 17.5 Å². The minimum atomic E-state index is -0.332. The van der Waals surface area contributed by atoms with Gasteiger partial charge in [-0.3, -0.25) is 4.79 Å². The van der Waals surface area contributed by atoms with Gasteiger partial charge in [0.15, 0.2) is 0 Å². The molecule has 0 aromatic heterocycles. The molecule has 1 aromatic carbocycles. The molecular weight excluding hydrogens is 281 g/mol. The van der Waals surface area contributed by atoms with Crippen molar-refractivity contribution in [2.45, 2.75) is 24.7 Å². The summed E-state index contributed by atoms with van der Waals surface area (Å²) >= 11 is 6.12. The predicted molar refractivity (Wildman–Crippen MR) is 74.3 cm³/mol. The van der Waals surface area contributed by atoms with E-state index in [0.717, 1.165) is 24.8 Å². The third kappa shape index (κ3) is 2.67. The highest BCUT2D eigenvalue weighted by Crippen LogP contribution is 2.50. The molecule has 1 saturated carbocycles. The summed E-state index contributed by atoms with van der Waals surface area (Å²) in [7, 11) is 0. The molecule has 5 heteroatoms. The molecule has 0 spiro atoms. The smallest absolute Gasteiger partial charge is 0.225 e. The lowest BCUT2D eigenvalue weighted by Crippen LogP contribution is -2.36. The van der Waals surface area contributed by atoms with Crippen molar-refractivity contribution in [1.29, 1.82) is 0 Å². The van der Waals surface area contributed by atoms with Crippen molar-refractivity contribution in [3.63, 3.8) is 0 Å². The Kier molecular flexibility index (Phi) is 3.69. The fourth-order valence-electron chi connectivity index (χ4n) is 2.75. The highest BCUT2D eigenvalue weighted by atomic mass is 35.5. The van der Waals surface area contributed by atoms with Gasteiger partial charge in [0, 0.05) is 23.6 Å². The molecule has 108 valence electrons. The van der Waals surface area contributed by atoms with Crippen LogP contribution in [0, 0.1) is 11.7 Å². The number of benzene rings is 1. The zero-order valence-electron chi connectivity index (χ0n) is 11.1. The van der Waals surface area contributed by atoms with Crippen molar-refractivity contribution in [3.05, 3.63) is 34.6 Å². The second kappa shape index (κ2) is 5.34. The van der Waals surface area contributed by atoms with Crippen molar-refractivity contribution in [3.8, 4) is 0 Å². The Morgan fingerprint density at radius 3 is 2.90 bits per heavy atom. The van der Waals surface area contributed by atoms with Gasteiger partial charge in [-0.15, -0.1) is 0 Å². The number of hydrogen-bond donors (Lipinski definition) is 1. The maximum atomic E-state index is 13.1. The molecule has 0 radical (unpaired) electrons. The SMILES string of the molecule is O=C(NCC1(c2ccc(F)cc2Cl)CC1)[C@@H]1CCOC1. The normalized spacial score (nSPS) is 23.6. The van der Waals surface area contributed by atoms with Gasteiger partial charge in [-0.25, -0.2) is 4.39 Å². The van der Waals surface area contributed by atoms with Gasteiger partial charge in [-0.05, 0) is 37.0 Å². The molecule has 1 aromatic rings. The Balaban J connectivity index is 1.65. The Bertz CT molecular complexity index is 525. The summed E-state index contributed by atoms with van der Waals surface area (Å²) in [5.74, 6) is -0.316. The summed E-state index contributed by atoms with van der Waals surface area (Å²) in [4.78, 5) is 12.0. The number of ether oxygens (including phenoxy) is 1. The number of hydrogen-bond acceptors (Lipinski definition) is 2. The lowest BCUT2D eigenvalue weighted by Gasteiger charge is -2.19. The lowest BCUT2D eigenvalue weighted by atomic mass is 9.95. The van der Waals surface area contributed by atoms with E-state index in [1.807, 2.05) is 0 Å². The van der Waals surface area contributed by atoms with E-state index in [1.54, 1.807) is 6.07 Å². The Hall–Kier alpha value is -1.13. The third-order valence-corrected chi connectivity index (χ3v) is 4.57. The van der Waals surface area contributed by atoms with Gasteiger partial charge in [0.2, 0.25) is 5.91 Å². The van der Waals surface area contributed by atoms with Gasteiger partial charge in [-0.1, -0.05) is 17.7 Å². The zero-order valence-corrected chi connectivity index (χ0v) is 11.9. The van der Waals surface area contributed by atoms with E-state index in [2.05, 4.69) is 5.32 Å². The summed E-state index contributed by atoms with van der Waals surface area (Å²) in [6.45, 7) is 1.73. The average molecular weight is 298 g/mol. The van der Waals surface area contributed by atoms with Crippen LogP contribution in [0.2, 0.25) is 5.02 Å². The first-order chi connectivity index (χ1) is 9.61. The summed E-state index contributed by atoms with van der Waals surface area (Å²) in [6.07, 6.45) is 2.73. The number of rotatable bonds is 4. The van der Waals surface area contributed by atoms with Crippen molar-refractivity contribution in [1.82, 2.24) is 5.32 Å². The first-order valence-electron chi connectivity index (χ1n) is 6.92. The number of halogens is 2. The minimum Gasteiger partial charge on any atom is -0.381 e. The molecule has 1 amide bonds. The van der Waals surface area contributed by atoms with Crippen LogP contribution in [-0.4, -0.2) is 25.7 Å². The summed E-state index contributed by atoms with van der Waals surface area (Å²) in [6, 6.07) is 4.49. The van der Waals surface area contributed by atoms with Crippen LogP contribution in [0.15, 0.2) is 18.2 Å². The standard InChI is InChI=1S/C15H17ClFNO2/c16-13-7-11(17)1-2-12(13)15(4-5-15)9-18-14(19)10-3-6-20-8-10/h1-2,7,10H,3-6,8-9H2,(H,18,19)/t10-/m1/s1. The van der Waals surface area contributed by atoms with Crippen LogP contribution in [0.4, 0.5) is 4.39 Å². The molecule has 1 aliphatic heterocycles. The topological polar surface area (TPSA) is 38.3 Å².